The van der Waals surface area contributed by atoms with Gasteiger partial charge in [-0.05, 0) is 29.7 Å². The van der Waals surface area contributed by atoms with Crippen molar-refractivity contribution in [2.24, 2.45) is 5.92 Å². The molecule has 0 aromatic carbocycles. The summed E-state index contributed by atoms with van der Waals surface area (Å²) in [6.07, 6.45) is 6.24. The van der Waals surface area contributed by atoms with Gasteiger partial charge in [-0.25, -0.2) is 0 Å². The van der Waals surface area contributed by atoms with Gasteiger partial charge >= 0.3 is 9.15 Å². The number of unbranched alkanes of at least 4 members (excludes halogenated alkanes) is 3. The molecule has 0 heterocycles. The summed E-state index contributed by atoms with van der Waals surface area (Å²) < 4.78 is 29.2. The Hall–Kier alpha value is 0.220. The van der Waals surface area contributed by atoms with Gasteiger partial charge in [0.1, 0.15) is 0 Å². The first kappa shape index (κ1) is 17.2. The monoisotopic (exact) mass is 283 g/mol. The summed E-state index contributed by atoms with van der Waals surface area (Å²) >= 11 is 0. The summed E-state index contributed by atoms with van der Waals surface area (Å²) in [5.74, 6) is 1.19. The average Bonchev–Trinajstić information content (AvgIpc) is 2.18. The molecule has 2 N–H and O–H groups in total. The first-order valence-electron chi connectivity index (χ1n) is 6.24. The molecule has 0 saturated heterocycles. The summed E-state index contributed by atoms with van der Waals surface area (Å²) in [5.41, 5.74) is 0. The van der Waals surface area contributed by atoms with Crippen LogP contribution >= 0.6 is 10.8 Å². The summed E-state index contributed by atoms with van der Waals surface area (Å²) in [6.45, 7) is 6.03. The lowest BCUT2D eigenvalue weighted by molar-refractivity contribution is 0.502. The normalized spacial score (nSPS) is 12.2. The van der Waals surface area contributed by atoms with Crippen molar-refractivity contribution in [1.29, 1.82) is 0 Å². The largest absolute Gasteiger partial charge is 0.319 e. The topological polar surface area (TPSA) is 66.4 Å². The molecule has 104 valence electrons. The Morgan fingerprint density at radius 3 is 2.35 bits per heavy atom. The molecule has 0 bridgehead atoms. The first-order valence-corrected chi connectivity index (χ1v) is 9.18. The van der Waals surface area contributed by atoms with Crippen molar-refractivity contribution < 1.29 is 13.0 Å². The van der Waals surface area contributed by atoms with E-state index in [0.717, 1.165) is 18.9 Å². The van der Waals surface area contributed by atoms with Crippen LogP contribution in [-0.2, 0) is 9.15 Å². The van der Waals surface area contributed by atoms with E-state index in [2.05, 4.69) is 19.2 Å². The van der Waals surface area contributed by atoms with Crippen LogP contribution in [0, 0.1) is 5.92 Å². The summed E-state index contributed by atoms with van der Waals surface area (Å²) in [7, 11) is -3.29. The minimum absolute atomic E-state index is 0.395. The van der Waals surface area contributed by atoms with Gasteiger partial charge in [-0.15, -0.1) is 0 Å². The third-order valence-electron chi connectivity index (χ3n) is 2.40. The van der Waals surface area contributed by atoms with E-state index in [1.54, 1.807) is 0 Å². The van der Waals surface area contributed by atoms with Gasteiger partial charge in [0.2, 0.25) is 0 Å². The average molecular weight is 283 g/mol. The molecule has 0 spiro atoms. The molecule has 0 aromatic rings. The SMILES string of the molecule is CC(C)CCCCCCNCCSS(=O)(=O)O. The lowest BCUT2D eigenvalue weighted by Gasteiger charge is -2.05. The molecule has 0 rings (SSSR count). The fourth-order valence-corrected chi connectivity index (χ4v) is 2.82. The van der Waals surface area contributed by atoms with Crippen molar-refractivity contribution in [3.05, 3.63) is 0 Å². The fourth-order valence-electron chi connectivity index (χ4n) is 1.50. The van der Waals surface area contributed by atoms with Crippen molar-refractivity contribution in [2.45, 2.75) is 46.0 Å². The molecular weight excluding hydrogens is 258 g/mol. The molecule has 0 aromatic heterocycles. The highest BCUT2D eigenvalue weighted by Crippen LogP contribution is 2.09. The second-order valence-electron chi connectivity index (χ2n) is 4.60. The smallest absolute Gasteiger partial charge is 0.316 e. The Bertz CT molecular complexity index is 266. The minimum atomic E-state index is -3.86. The molecule has 0 fully saturated rings. The summed E-state index contributed by atoms with van der Waals surface area (Å²) in [6, 6.07) is 0. The molecule has 0 aliphatic heterocycles. The van der Waals surface area contributed by atoms with Gasteiger partial charge in [0.05, 0.1) is 0 Å². The molecule has 0 aliphatic rings. The second kappa shape index (κ2) is 10.2. The molecular formula is C11H25NO3S2. The minimum Gasteiger partial charge on any atom is -0.316 e. The van der Waals surface area contributed by atoms with Crippen molar-refractivity contribution in [3.63, 3.8) is 0 Å². The van der Waals surface area contributed by atoms with E-state index >= 15 is 0 Å². The van der Waals surface area contributed by atoms with Crippen LogP contribution < -0.4 is 5.32 Å². The van der Waals surface area contributed by atoms with Gasteiger partial charge in [0.25, 0.3) is 0 Å². The summed E-state index contributed by atoms with van der Waals surface area (Å²) in [4.78, 5) is 0. The maximum Gasteiger partial charge on any atom is 0.319 e. The molecule has 0 aliphatic carbocycles. The molecule has 0 saturated carbocycles. The van der Waals surface area contributed by atoms with E-state index in [0.29, 0.717) is 23.1 Å². The van der Waals surface area contributed by atoms with Gasteiger partial charge in [0.15, 0.2) is 0 Å². The molecule has 6 heteroatoms. The Balaban J connectivity index is 3.09. The molecule has 0 amide bonds. The Morgan fingerprint density at radius 2 is 1.76 bits per heavy atom. The Morgan fingerprint density at radius 1 is 1.12 bits per heavy atom. The number of rotatable bonds is 11. The number of nitrogens with one attached hydrogen (secondary N) is 1. The van der Waals surface area contributed by atoms with Gasteiger partial charge in [-0.1, -0.05) is 39.5 Å². The van der Waals surface area contributed by atoms with Crippen LogP contribution in [0.15, 0.2) is 0 Å². The molecule has 0 radical (unpaired) electrons. The van der Waals surface area contributed by atoms with Gasteiger partial charge in [-0.2, -0.15) is 8.42 Å². The van der Waals surface area contributed by atoms with Crippen molar-refractivity contribution in [2.75, 3.05) is 18.8 Å². The molecule has 0 unspecified atom stereocenters. The van der Waals surface area contributed by atoms with Crippen LogP contribution in [0.5, 0.6) is 0 Å². The Labute approximate surface area is 109 Å². The van der Waals surface area contributed by atoms with E-state index in [1.165, 1.54) is 25.7 Å². The quantitative estimate of drug-likeness (QED) is 0.347. The van der Waals surface area contributed by atoms with Crippen LogP contribution in [0.3, 0.4) is 0 Å². The number of hydrogen-bond acceptors (Lipinski definition) is 4. The van der Waals surface area contributed by atoms with Gasteiger partial charge < -0.3 is 5.32 Å². The Kier molecular flexibility index (Phi) is 10.3. The highest BCUT2D eigenvalue weighted by Gasteiger charge is 2.03. The van der Waals surface area contributed by atoms with Gasteiger partial charge in [0, 0.05) is 12.3 Å². The standard InChI is InChI=1S/C11H25NO3S2/c1-11(2)7-5-3-4-6-8-12-9-10-16-17(13,14)15/h11-12H,3-10H2,1-2H3,(H,13,14,15). The van der Waals surface area contributed by atoms with Crippen LogP contribution in [-0.4, -0.2) is 31.8 Å². The predicted octanol–water partition coefficient (Wildman–Crippen LogP) is 2.72. The van der Waals surface area contributed by atoms with E-state index in [-0.39, 0.29) is 0 Å². The van der Waals surface area contributed by atoms with Crippen LogP contribution in [0.4, 0.5) is 0 Å². The fraction of sp³-hybridized carbons (Fsp3) is 1.00. The lowest BCUT2D eigenvalue weighted by Crippen LogP contribution is -2.18. The molecule has 4 nitrogen and oxygen atoms in total. The van der Waals surface area contributed by atoms with Crippen LogP contribution in [0.25, 0.3) is 0 Å². The zero-order chi connectivity index (χ0) is 13.1. The zero-order valence-electron chi connectivity index (χ0n) is 10.8. The predicted molar refractivity (Wildman–Crippen MR) is 74.8 cm³/mol. The van der Waals surface area contributed by atoms with Crippen molar-refractivity contribution >= 4 is 19.9 Å². The van der Waals surface area contributed by atoms with E-state index in [4.69, 9.17) is 4.55 Å². The second-order valence-corrected chi connectivity index (χ2v) is 8.07. The van der Waals surface area contributed by atoms with Crippen LogP contribution in [0.2, 0.25) is 0 Å². The van der Waals surface area contributed by atoms with E-state index < -0.39 is 9.15 Å². The highest BCUT2D eigenvalue weighted by atomic mass is 33.1. The zero-order valence-corrected chi connectivity index (χ0v) is 12.4. The van der Waals surface area contributed by atoms with Crippen LogP contribution in [0.1, 0.15) is 46.0 Å². The number of hydrogen-bond donors (Lipinski definition) is 2. The van der Waals surface area contributed by atoms with E-state index in [1.807, 2.05) is 0 Å². The maximum atomic E-state index is 10.4. The molecule has 17 heavy (non-hydrogen) atoms. The van der Waals surface area contributed by atoms with E-state index in [9.17, 15) is 8.42 Å². The van der Waals surface area contributed by atoms with Crippen molar-refractivity contribution in [3.8, 4) is 0 Å². The third kappa shape index (κ3) is 16.2. The maximum absolute atomic E-state index is 10.4. The molecule has 0 atom stereocenters. The van der Waals surface area contributed by atoms with Gasteiger partial charge in [-0.3, -0.25) is 4.55 Å². The van der Waals surface area contributed by atoms with Crippen molar-refractivity contribution in [1.82, 2.24) is 5.32 Å². The highest BCUT2D eigenvalue weighted by molar-refractivity contribution is 8.69. The lowest BCUT2D eigenvalue weighted by atomic mass is 10.0. The summed E-state index contributed by atoms with van der Waals surface area (Å²) in [5, 5.41) is 3.16. The third-order valence-corrected chi connectivity index (χ3v) is 4.46. The first-order chi connectivity index (χ1) is 7.92.